The number of hydrogen-bond acceptors (Lipinski definition) is 10. The van der Waals surface area contributed by atoms with Gasteiger partial charge >= 0.3 is 23.9 Å². The second kappa shape index (κ2) is 30.7. The van der Waals surface area contributed by atoms with Gasteiger partial charge in [-0.05, 0) is 90.9 Å². The normalized spacial score (nSPS) is 15.2. The van der Waals surface area contributed by atoms with Crippen LogP contribution in [-0.4, -0.2) is 69.3 Å². The quantitative estimate of drug-likeness (QED) is 0.0285. The third kappa shape index (κ3) is 27.0. The Morgan fingerprint density at radius 1 is 0.481 bits per heavy atom. The van der Waals surface area contributed by atoms with Gasteiger partial charge in [-0.25, -0.2) is 0 Å². The molecule has 1 aliphatic rings. The summed E-state index contributed by atoms with van der Waals surface area (Å²) in [4.78, 5) is 49.1. The molecule has 0 saturated carbocycles. The molecule has 0 aromatic rings. The Morgan fingerprint density at radius 2 is 0.827 bits per heavy atom. The number of esters is 4. The minimum Gasteiger partial charge on any atom is -0.466 e. The Balaban J connectivity index is 2.21. The highest BCUT2D eigenvalue weighted by Gasteiger charge is 2.42. The van der Waals surface area contributed by atoms with Gasteiger partial charge in [0.1, 0.15) is 13.2 Å². The first-order valence-electron chi connectivity index (χ1n) is 20.3. The fourth-order valence-electron chi connectivity index (χ4n) is 5.40. The third-order valence-electron chi connectivity index (χ3n) is 8.89. The van der Waals surface area contributed by atoms with E-state index in [9.17, 15) is 19.2 Å². The molecule has 0 amide bonds. The molecule has 0 N–H and O–H groups in total. The van der Waals surface area contributed by atoms with E-state index < -0.39 is 11.2 Å². The van der Waals surface area contributed by atoms with Gasteiger partial charge in [-0.3, -0.25) is 19.2 Å². The summed E-state index contributed by atoms with van der Waals surface area (Å²) in [5.41, 5.74) is -0.802. The van der Waals surface area contributed by atoms with Gasteiger partial charge in [0.15, 0.2) is 5.79 Å². The van der Waals surface area contributed by atoms with Gasteiger partial charge in [-0.2, -0.15) is 0 Å². The molecule has 0 aromatic heterocycles. The topological polar surface area (TPSA) is 124 Å². The van der Waals surface area contributed by atoms with Crippen molar-refractivity contribution in [2.45, 2.75) is 175 Å². The van der Waals surface area contributed by atoms with E-state index in [1.54, 1.807) is 0 Å². The first kappa shape index (κ1) is 47.3. The highest BCUT2D eigenvalue weighted by Crippen LogP contribution is 2.31. The molecule has 0 aliphatic carbocycles. The number of allylic oxidation sites excluding steroid dienone is 4. The minimum absolute atomic E-state index is 0.00675. The van der Waals surface area contributed by atoms with Crippen LogP contribution in [0.3, 0.4) is 0 Å². The number of unbranched alkanes of at least 4 members (excludes halogenated alkanes) is 12. The zero-order chi connectivity index (χ0) is 38.2. The molecule has 0 unspecified atom stereocenters. The molecule has 1 heterocycles. The van der Waals surface area contributed by atoms with E-state index in [0.29, 0.717) is 64.6 Å². The van der Waals surface area contributed by atoms with E-state index in [2.05, 4.69) is 38.2 Å². The Hall–Kier alpha value is -2.72. The highest BCUT2D eigenvalue weighted by molar-refractivity contribution is 5.70. The Kier molecular flexibility index (Phi) is 27.9. The van der Waals surface area contributed by atoms with Gasteiger partial charge in [0.25, 0.3) is 0 Å². The summed E-state index contributed by atoms with van der Waals surface area (Å²) >= 11 is 0. The molecular weight excluding hydrogens is 664 g/mol. The molecular formula is C42H72O10. The maximum atomic E-state index is 12.5. The van der Waals surface area contributed by atoms with Crippen molar-refractivity contribution in [2.24, 2.45) is 5.41 Å². The SMILES string of the molecule is CCCCC/C=C\CCCOC(=O)CCCCCC(=O)OCC1(COC(=O)CCCCCC(=O)OCCC/C=C\CCCCC)COC(C)(C)OC1. The average Bonchev–Trinajstić information content (AvgIpc) is 3.12. The summed E-state index contributed by atoms with van der Waals surface area (Å²) in [5.74, 6) is -1.89. The van der Waals surface area contributed by atoms with Crippen LogP contribution in [0.5, 0.6) is 0 Å². The Bertz CT molecular complexity index is 940. The van der Waals surface area contributed by atoms with Crippen molar-refractivity contribution < 1.29 is 47.6 Å². The second-order valence-electron chi connectivity index (χ2n) is 14.6. The van der Waals surface area contributed by atoms with Crippen LogP contribution in [0, 0.1) is 5.41 Å². The highest BCUT2D eigenvalue weighted by atomic mass is 16.7. The summed E-state index contributed by atoms with van der Waals surface area (Å²) in [6.07, 6.45) is 26.9. The van der Waals surface area contributed by atoms with Gasteiger partial charge in [0, 0.05) is 25.7 Å². The molecule has 0 atom stereocenters. The molecule has 1 saturated heterocycles. The van der Waals surface area contributed by atoms with Crippen LogP contribution in [0.25, 0.3) is 0 Å². The van der Waals surface area contributed by atoms with Crippen molar-refractivity contribution >= 4 is 23.9 Å². The van der Waals surface area contributed by atoms with Crippen LogP contribution in [0.4, 0.5) is 0 Å². The predicted molar refractivity (Wildman–Crippen MR) is 203 cm³/mol. The molecule has 10 heteroatoms. The molecule has 300 valence electrons. The fraction of sp³-hybridized carbons (Fsp3) is 0.810. The first-order chi connectivity index (χ1) is 25.1. The first-order valence-corrected chi connectivity index (χ1v) is 20.3. The van der Waals surface area contributed by atoms with E-state index in [1.807, 2.05) is 13.8 Å². The van der Waals surface area contributed by atoms with Crippen molar-refractivity contribution in [3.05, 3.63) is 24.3 Å². The summed E-state index contributed by atoms with van der Waals surface area (Å²) in [7, 11) is 0. The van der Waals surface area contributed by atoms with Gasteiger partial charge in [0.05, 0.1) is 31.8 Å². The van der Waals surface area contributed by atoms with Crippen molar-refractivity contribution in [1.29, 1.82) is 0 Å². The van der Waals surface area contributed by atoms with Gasteiger partial charge in [-0.15, -0.1) is 0 Å². The minimum atomic E-state index is -0.802. The molecule has 52 heavy (non-hydrogen) atoms. The van der Waals surface area contributed by atoms with Crippen LogP contribution in [0.1, 0.15) is 169 Å². The van der Waals surface area contributed by atoms with Crippen molar-refractivity contribution in [3.63, 3.8) is 0 Å². The molecule has 10 nitrogen and oxygen atoms in total. The van der Waals surface area contributed by atoms with Gasteiger partial charge in [-0.1, -0.05) is 76.7 Å². The maximum absolute atomic E-state index is 12.5. The fourth-order valence-corrected chi connectivity index (χ4v) is 5.40. The number of rotatable bonds is 32. The zero-order valence-electron chi connectivity index (χ0n) is 33.2. The summed E-state index contributed by atoms with van der Waals surface area (Å²) in [5, 5.41) is 0. The van der Waals surface area contributed by atoms with Gasteiger partial charge in [0.2, 0.25) is 0 Å². The molecule has 0 radical (unpaired) electrons. The van der Waals surface area contributed by atoms with Crippen LogP contribution >= 0.6 is 0 Å². The lowest BCUT2D eigenvalue weighted by molar-refractivity contribution is -0.296. The monoisotopic (exact) mass is 737 g/mol. The lowest BCUT2D eigenvalue weighted by atomic mass is 9.91. The standard InChI is InChI=1S/C42H72O10/c1-5-7-9-11-13-15-17-25-31-47-37(43)27-21-19-23-29-39(45)49-33-42(35-51-41(3,4)52-36-42)34-50-40(46)30-24-20-22-28-38(44)48-32-26-18-16-14-12-10-8-6-2/h13-16H,5-12,17-36H2,1-4H3/b15-13-,16-14-. The van der Waals surface area contributed by atoms with E-state index in [1.165, 1.54) is 38.5 Å². The van der Waals surface area contributed by atoms with Crippen molar-refractivity contribution in [3.8, 4) is 0 Å². The van der Waals surface area contributed by atoms with Crippen molar-refractivity contribution in [1.82, 2.24) is 0 Å². The third-order valence-corrected chi connectivity index (χ3v) is 8.89. The summed E-state index contributed by atoms with van der Waals surface area (Å²) in [6, 6.07) is 0. The van der Waals surface area contributed by atoms with E-state index >= 15 is 0 Å². The molecule has 0 bridgehead atoms. The average molecular weight is 737 g/mol. The molecule has 1 fully saturated rings. The lowest BCUT2D eigenvalue weighted by Crippen LogP contribution is -2.51. The van der Waals surface area contributed by atoms with Crippen molar-refractivity contribution in [2.75, 3.05) is 39.6 Å². The summed E-state index contributed by atoms with van der Waals surface area (Å²) in [6.45, 7) is 9.32. The van der Waals surface area contributed by atoms with E-state index in [0.717, 1.165) is 38.5 Å². The largest absolute Gasteiger partial charge is 0.466 e. The second-order valence-corrected chi connectivity index (χ2v) is 14.6. The summed E-state index contributed by atoms with van der Waals surface area (Å²) < 4.78 is 33.5. The molecule has 1 rings (SSSR count). The molecule has 0 aromatic carbocycles. The zero-order valence-corrected chi connectivity index (χ0v) is 33.2. The number of carbonyl (C=O) groups is 4. The van der Waals surface area contributed by atoms with Crippen LogP contribution < -0.4 is 0 Å². The predicted octanol–water partition coefficient (Wildman–Crippen LogP) is 9.66. The van der Waals surface area contributed by atoms with Gasteiger partial charge < -0.3 is 28.4 Å². The maximum Gasteiger partial charge on any atom is 0.305 e. The smallest absolute Gasteiger partial charge is 0.305 e. The van der Waals surface area contributed by atoms with E-state index in [-0.39, 0.29) is 63.1 Å². The van der Waals surface area contributed by atoms with Crippen LogP contribution in [0.15, 0.2) is 24.3 Å². The van der Waals surface area contributed by atoms with Crippen LogP contribution in [0.2, 0.25) is 0 Å². The Labute approximate surface area is 315 Å². The Morgan fingerprint density at radius 3 is 1.19 bits per heavy atom. The number of ether oxygens (including phenoxy) is 6. The van der Waals surface area contributed by atoms with Crippen LogP contribution in [-0.2, 0) is 47.6 Å². The molecule has 1 aliphatic heterocycles. The van der Waals surface area contributed by atoms with E-state index in [4.69, 9.17) is 28.4 Å². The molecule has 0 spiro atoms. The number of hydrogen-bond donors (Lipinski definition) is 0. The lowest BCUT2D eigenvalue weighted by Gasteiger charge is -2.42. The number of carbonyl (C=O) groups excluding carboxylic acids is 4.